The van der Waals surface area contributed by atoms with E-state index in [0.717, 1.165) is 6.54 Å². The van der Waals surface area contributed by atoms with Gasteiger partial charge in [0.05, 0.1) is 13.4 Å². The predicted molar refractivity (Wildman–Crippen MR) is 57.6 cm³/mol. The minimum Gasteiger partial charge on any atom is -0.467 e. The Morgan fingerprint density at radius 2 is 2.13 bits per heavy atom. The second kappa shape index (κ2) is 5.23. The Kier molecular flexibility index (Phi) is 3.96. The van der Waals surface area contributed by atoms with Crippen molar-refractivity contribution >= 4 is 12.3 Å². The molecule has 0 amide bonds. The molecule has 0 radical (unpaired) electrons. The highest BCUT2D eigenvalue weighted by Crippen LogP contribution is 2.08. The molecular formula is C9H15N5O. The highest BCUT2D eigenvalue weighted by Gasteiger charge is 2.01. The standard InChI is InChI=1S/C9H15N5O/c1-5-14(3)6-10-8-11-7(2)12-9(13-8)15-4/h6H,5H2,1-4H3. The van der Waals surface area contributed by atoms with E-state index in [1.54, 1.807) is 13.3 Å². The van der Waals surface area contributed by atoms with Gasteiger partial charge < -0.3 is 9.64 Å². The summed E-state index contributed by atoms with van der Waals surface area (Å²) >= 11 is 0. The summed E-state index contributed by atoms with van der Waals surface area (Å²) in [6, 6.07) is 0.286. The summed E-state index contributed by atoms with van der Waals surface area (Å²) in [5, 5.41) is 0. The molecule has 1 aromatic heterocycles. The number of hydrogen-bond acceptors (Lipinski definition) is 5. The van der Waals surface area contributed by atoms with Gasteiger partial charge in [0.1, 0.15) is 5.82 Å². The Morgan fingerprint density at radius 3 is 2.73 bits per heavy atom. The summed E-state index contributed by atoms with van der Waals surface area (Å²) < 4.78 is 4.92. The van der Waals surface area contributed by atoms with Crippen molar-refractivity contribution in [3.05, 3.63) is 5.82 Å². The third-order valence-corrected chi connectivity index (χ3v) is 1.77. The molecule has 0 aromatic carbocycles. The summed E-state index contributed by atoms with van der Waals surface area (Å²) in [7, 11) is 3.44. The van der Waals surface area contributed by atoms with Gasteiger partial charge in [0.15, 0.2) is 0 Å². The monoisotopic (exact) mass is 209 g/mol. The third-order valence-electron chi connectivity index (χ3n) is 1.77. The van der Waals surface area contributed by atoms with Crippen molar-refractivity contribution in [1.82, 2.24) is 19.9 Å². The van der Waals surface area contributed by atoms with Crippen LogP contribution in [0.25, 0.3) is 0 Å². The first-order chi connectivity index (χ1) is 7.15. The molecule has 82 valence electrons. The summed E-state index contributed by atoms with van der Waals surface area (Å²) in [6.07, 6.45) is 1.67. The number of aliphatic imine (C=N–C) groups is 1. The van der Waals surface area contributed by atoms with Crippen molar-refractivity contribution in [1.29, 1.82) is 0 Å². The van der Waals surface area contributed by atoms with Crippen molar-refractivity contribution in [2.75, 3.05) is 20.7 Å². The number of ether oxygens (including phenoxy) is 1. The number of aryl methyl sites for hydroxylation is 1. The highest BCUT2D eigenvalue weighted by atomic mass is 16.5. The lowest BCUT2D eigenvalue weighted by Crippen LogP contribution is -2.14. The van der Waals surface area contributed by atoms with Gasteiger partial charge >= 0.3 is 6.01 Å². The van der Waals surface area contributed by atoms with Crippen molar-refractivity contribution < 1.29 is 4.74 Å². The van der Waals surface area contributed by atoms with E-state index in [1.807, 2.05) is 18.9 Å². The number of methoxy groups -OCH3 is 1. The molecule has 1 heterocycles. The smallest absolute Gasteiger partial charge is 0.321 e. The van der Waals surface area contributed by atoms with Crippen LogP contribution in [0.5, 0.6) is 6.01 Å². The quantitative estimate of drug-likeness (QED) is 0.542. The van der Waals surface area contributed by atoms with E-state index in [2.05, 4.69) is 19.9 Å². The maximum absolute atomic E-state index is 4.92. The second-order valence-electron chi connectivity index (χ2n) is 2.99. The van der Waals surface area contributed by atoms with Crippen LogP contribution in [0.4, 0.5) is 5.95 Å². The molecule has 0 unspecified atom stereocenters. The molecule has 0 aliphatic heterocycles. The molecule has 1 aromatic rings. The van der Waals surface area contributed by atoms with E-state index >= 15 is 0 Å². The van der Waals surface area contributed by atoms with Gasteiger partial charge in [-0.15, -0.1) is 0 Å². The van der Waals surface area contributed by atoms with Gasteiger partial charge in [-0.05, 0) is 13.8 Å². The molecule has 15 heavy (non-hydrogen) atoms. The summed E-state index contributed by atoms with van der Waals surface area (Å²) in [5.41, 5.74) is 0. The average molecular weight is 209 g/mol. The van der Waals surface area contributed by atoms with Crippen LogP contribution in [0.2, 0.25) is 0 Å². The van der Waals surface area contributed by atoms with E-state index in [0.29, 0.717) is 11.8 Å². The minimum atomic E-state index is 0.286. The van der Waals surface area contributed by atoms with Crippen LogP contribution in [-0.4, -0.2) is 46.9 Å². The van der Waals surface area contributed by atoms with Crippen molar-refractivity contribution in [3.8, 4) is 6.01 Å². The zero-order valence-corrected chi connectivity index (χ0v) is 9.43. The third kappa shape index (κ3) is 3.49. The van der Waals surface area contributed by atoms with Crippen LogP contribution in [-0.2, 0) is 0 Å². The van der Waals surface area contributed by atoms with Gasteiger partial charge in [-0.25, -0.2) is 4.99 Å². The lowest BCUT2D eigenvalue weighted by Gasteiger charge is -2.07. The van der Waals surface area contributed by atoms with Crippen molar-refractivity contribution in [2.45, 2.75) is 13.8 Å². The zero-order valence-electron chi connectivity index (χ0n) is 9.43. The normalized spacial score (nSPS) is 10.7. The Hall–Kier alpha value is -1.72. The number of hydrogen-bond donors (Lipinski definition) is 0. The van der Waals surface area contributed by atoms with Crippen LogP contribution in [0, 0.1) is 6.92 Å². The molecular weight excluding hydrogens is 194 g/mol. The number of nitrogens with zero attached hydrogens (tertiary/aromatic N) is 5. The van der Waals surface area contributed by atoms with E-state index in [9.17, 15) is 0 Å². The number of aromatic nitrogens is 3. The molecule has 0 aliphatic rings. The summed E-state index contributed by atoms with van der Waals surface area (Å²) in [4.78, 5) is 18.0. The van der Waals surface area contributed by atoms with Crippen LogP contribution in [0.1, 0.15) is 12.7 Å². The first kappa shape index (κ1) is 11.4. The first-order valence-electron chi connectivity index (χ1n) is 4.66. The number of rotatable bonds is 4. The van der Waals surface area contributed by atoms with Gasteiger partial charge in [-0.3, -0.25) is 0 Å². The maximum atomic E-state index is 4.92. The lowest BCUT2D eigenvalue weighted by atomic mass is 10.7. The van der Waals surface area contributed by atoms with Gasteiger partial charge in [0.25, 0.3) is 5.95 Å². The van der Waals surface area contributed by atoms with Crippen molar-refractivity contribution in [3.63, 3.8) is 0 Å². The van der Waals surface area contributed by atoms with E-state index in [4.69, 9.17) is 4.74 Å². The molecule has 0 fully saturated rings. The SMILES string of the molecule is CCN(C)C=Nc1nc(C)nc(OC)n1. The molecule has 6 heteroatoms. The molecule has 0 aliphatic carbocycles. The van der Waals surface area contributed by atoms with Crippen molar-refractivity contribution in [2.24, 2.45) is 4.99 Å². The fourth-order valence-corrected chi connectivity index (χ4v) is 0.825. The van der Waals surface area contributed by atoms with E-state index in [1.165, 1.54) is 7.11 Å². The van der Waals surface area contributed by atoms with Crippen LogP contribution in [0.15, 0.2) is 4.99 Å². The zero-order chi connectivity index (χ0) is 11.3. The fraction of sp³-hybridized carbons (Fsp3) is 0.556. The molecule has 0 bridgehead atoms. The van der Waals surface area contributed by atoms with Crippen LogP contribution < -0.4 is 4.74 Å². The Labute approximate surface area is 89.0 Å². The Morgan fingerprint density at radius 1 is 1.40 bits per heavy atom. The van der Waals surface area contributed by atoms with E-state index < -0.39 is 0 Å². The maximum Gasteiger partial charge on any atom is 0.321 e. The molecule has 0 saturated heterocycles. The van der Waals surface area contributed by atoms with Gasteiger partial charge in [0, 0.05) is 13.6 Å². The molecule has 0 N–H and O–H groups in total. The lowest BCUT2D eigenvalue weighted by molar-refractivity contribution is 0.377. The molecule has 1 rings (SSSR count). The highest BCUT2D eigenvalue weighted by molar-refractivity contribution is 5.58. The predicted octanol–water partition coefficient (Wildman–Crippen LogP) is 0.800. The van der Waals surface area contributed by atoms with Crippen LogP contribution >= 0.6 is 0 Å². The van der Waals surface area contributed by atoms with Gasteiger partial charge in [0.2, 0.25) is 0 Å². The average Bonchev–Trinajstić information content (AvgIpc) is 2.25. The summed E-state index contributed by atoms with van der Waals surface area (Å²) in [5.74, 6) is 0.952. The summed E-state index contributed by atoms with van der Waals surface area (Å²) in [6.45, 7) is 4.68. The Bertz CT molecular complexity index is 352. The fourth-order valence-electron chi connectivity index (χ4n) is 0.825. The van der Waals surface area contributed by atoms with Gasteiger partial charge in [-0.1, -0.05) is 0 Å². The second-order valence-corrected chi connectivity index (χ2v) is 2.99. The Balaban J connectivity index is 2.85. The molecule has 6 nitrogen and oxygen atoms in total. The molecule has 0 saturated carbocycles. The van der Waals surface area contributed by atoms with Gasteiger partial charge in [-0.2, -0.15) is 15.0 Å². The van der Waals surface area contributed by atoms with Crippen LogP contribution in [0.3, 0.4) is 0 Å². The largest absolute Gasteiger partial charge is 0.467 e. The first-order valence-corrected chi connectivity index (χ1v) is 4.66. The topological polar surface area (TPSA) is 63.5 Å². The molecule has 0 spiro atoms. The minimum absolute atomic E-state index is 0.286. The molecule has 0 atom stereocenters. The van der Waals surface area contributed by atoms with E-state index in [-0.39, 0.29) is 6.01 Å².